The molecule has 1 atom stereocenters. The van der Waals surface area contributed by atoms with Gasteiger partial charge in [0.15, 0.2) is 4.77 Å². The van der Waals surface area contributed by atoms with Gasteiger partial charge in [0.1, 0.15) is 5.82 Å². The molecule has 1 aromatic carbocycles. The molecule has 0 aliphatic carbocycles. The summed E-state index contributed by atoms with van der Waals surface area (Å²) in [5.41, 5.74) is 1.64. The van der Waals surface area contributed by atoms with Gasteiger partial charge in [-0.2, -0.15) is 0 Å². The molecule has 0 amide bonds. The van der Waals surface area contributed by atoms with Crippen molar-refractivity contribution < 1.29 is 9.13 Å². The molecule has 18 heavy (non-hydrogen) atoms. The van der Waals surface area contributed by atoms with E-state index in [9.17, 15) is 4.39 Å². The summed E-state index contributed by atoms with van der Waals surface area (Å²) in [4.78, 5) is 3.10. The normalized spacial score (nSPS) is 13.1. The Labute approximate surface area is 123 Å². The quantitative estimate of drug-likeness (QED) is 0.641. The zero-order valence-electron chi connectivity index (χ0n) is 10.2. The van der Waals surface area contributed by atoms with Gasteiger partial charge in [-0.15, -0.1) is 0 Å². The number of aromatic amines is 1. The first-order valence-electron chi connectivity index (χ1n) is 5.71. The second kappa shape index (κ2) is 5.66. The number of H-pyrrole nitrogens is 1. The Hall–Kier alpha value is -0.470. The summed E-state index contributed by atoms with van der Waals surface area (Å²) in [6, 6.07) is 3.36. The maximum absolute atomic E-state index is 13.7. The standard InChI is InChI=1S/C12H14FIN2OS/c1-3-17-6-7(2)16-11-4-8(13)9(14)5-10(11)15-12(16)18/h4-5,7H,3,6H2,1-2H3,(H,15,18). The smallest absolute Gasteiger partial charge is 0.178 e. The molecule has 1 heterocycles. The third-order valence-corrected chi connectivity index (χ3v) is 3.89. The van der Waals surface area contributed by atoms with E-state index >= 15 is 0 Å². The second-order valence-electron chi connectivity index (χ2n) is 4.09. The lowest BCUT2D eigenvalue weighted by Gasteiger charge is -2.14. The van der Waals surface area contributed by atoms with Gasteiger partial charge in [0.25, 0.3) is 0 Å². The fraction of sp³-hybridized carbons (Fsp3) is 0.417. The Kier molecular flexibility index (Phi) is 4.39. The van der Waals surface area contributed by atoms with E-state index < -0.39 is 0 Å². The van der Waals surface area contributed by atoms with Crippen LogP contribution in [-0.4, -0.2) is 22.8 Å². The number of hydrogen-bond donors (Lipinski definition) is 1. The Bertz CT molecular complexity index is 622. The number of halogens is 2. The lowest BCUT2D eigenvalue weighted by molar-refractivity contribution is 0.119. The van der Waals surface area contributed by atoms with Crippen molar-refractivity contribution >= 4 is 45.8 Å². The van der Waals surface area contributed by atoms with E-state index in [1.807, 2.05) is 41.0 Å². The number of rotatable bonds is 4. The zero-order chi connectivity index (χ0) is 13.3. The third-order valence-electron chi connectivity index (χ3n) is 2.76. The number of nitrogens with zero attached hydrogens (tertiary/aromatic N) is 1. The molecule has 1 aromatic heterocycles. The van der Waals surface area contributed by atoms with Gasteiger partial charge in [0, 0.05) is 12.7 Å². The highest BCUT2D eigenvalue weighted by molar-refractivity contribution is 14.1. The molecule has 3 nitrogen and oxygen atoms in total. The third kappa shape index (κ3) is 2.60. The highest BCUT2D eigenvalue weighted by atomic mass is 127. The summed E-state index contributed by atoms with van der Waals surface area (Å²) in [5, 5.41) is 0. The van der Waals surface area contributed by atoms with Crippen molar-refractivity contribution in [1.29, 1.82) is 0 Å². The summed E-state index contributed by atoms with van der Waals surface area (Å²) < 4.78 is 22.1. The molecule has 0 aliphatic heterocycles. The second-order valence-corrected chi connectivity index (χ2v) is 5.64. The van der Waals surface area contributed by atoms with Gasteiger partial charge >= 0.3 is 0 Å². The van der Waals surface area contributed by atoms with Crippen LogP contribution in [-0.2, 0) is 4.74 Å². The summed E-state index contributed by atoms with van der Waals surface area (Å²) in [7, 11) is 0. The fourth-order valence-electron chi connectivity index (χ4n) is 1.92. The molecular weight excluding hydrogens is 366 g/mol. The van der Waals surface area contributed by atoms with Crippen LogP contribution >= 0.6 is 34.8 Å². The minimum atomic E-state index is -0.227. The van der Waals surface area contributed by atoms with Crippen LogP contribution in [0.1, 0.15) is 19.9 Å². The van der Waals surface area contributed by atoms with Crippen LogP contribution < -0.4 is 0 Å². The average molecular weight is 380 g/mol. The molecule has 0 bridgehead atoms. The Morgan fingerprint density at radius 2 is 2.28 bits per heavy atom. The molecule has 0 spiro atoms. The lowest BCUT2D eigenvalue weighted by atomic mass is 10.3. The molecule has 98 valence electrons. The number of hydrogen-bond acceptors (Lipinski definition) is 2. The topological polar surface area (TPSA) is 29.9 Å². The molecule has 6 heteroatoms. The van der Waals surface area contributed by atoms with E-state index in [2.05, 4.69) is 4.98 Å². The van der Waals surface area contributed by atoms with Gasteiger partial charge in [-0.25, -0.2) is 4.39 Å². The Morgan fingerprint density at radius 1 is 1.56 bits per heavy atom. The van der Waals surface area contributed by atoms with Gasteiger partial charge in [-0.3, -0.25) is 0 Å². The molecule has 0 saturated heterocycles. The van der Waals surface area contributed by atoms with Crippen LogP contribution in [0.4, 0.5) is 4.39 Å². The summed E-state index contributed by atoms with van der Waals surface area (Å²) in [6.45, 7) is 5.18. The van der Waals surface area contributed by atoms with E-state index in [1.54, 1.807) is 6.07 Å². The summed E-state index contributed by atoms with van der Waals surface area (Å²) in [5.74, 6) is -0.227. The monoisotopic (exact) mass is 380 g/mol. The van der Waals surface area contributed by atoms with E-state index in [4.69, 9.17) is 17.0 Å². The van der Waals surface area contributed by atoms with Crippen molar-refractivity contribution in [2.45, 2.75) is 19.9 Å². The van der Waals surface area contributed by atoms with Crippen LogP contribution in [0.15, 0.2) is 12.1 Å². The first-order chi connectivity index (χ1) is 8.54. The van der Waals surface area contributed by atoms with Crippen molar-refractivity contribution in [2.24, 2.45) is 0 Å². The molecule has 1 unspecified atom stereocenters. The predicted molar refractivity (Wildman–Crippen MR) is 81.0 cm³/mol. The lowest BCUT2D eigenvalue weighted by Crippen LogP contribution is -2.12. The van der Waals surface area contributed by atoms with Gasteiger partial charge in [-0.05, 0) is 54.7 Å². The summed E-state index contributed by atoms with van der Waals surface area (Å²) >= 11 is 7.26. The maximum atomic E-state index is 13.7. The molecule has 0 saturated carbocycles. The molecule has 0 radical (unpaired) electrons. The Balaban J connectivity index is 2.53. The molecule has 0 aliphatic rings. The number of imidazole rings is 1. The van der Waals surface area contributed by atoms with Crippen molar-refractivity contribution in [1.82, 2.24) is 9.55 Å². The van der Waals surface area contributed by atoms with E-state index in [0.717, 1.165) is 11.0 Å². The SMILES string of the molecule is CCOCC(C)n1c(=S)[nH]c2cc(I)c(F)cc21. The first kappa shape index (κ1) is 14.0. The van der Waals surface area contributed by atoms with Gasteiger partial charge in [0.2, 0.25) is 0 Å². The number of benzene rings is 1. The minimum Gasteiger partial charge on any atom is -0.380 e. The van der Waals surface area contributed by atoms with Crippen molar-refractivity contribution in [3.05, 3.63) is 26.3 Å². The fourth-order valence-corrected chi connectivity index (χ4v) is 2.78. The van der Waals surface area contributed by atoms with Crippen molar-refractivity contribution in [3.63, 3.8) is 0 Å². The molecule has 2 rings (SSSR count). The largest absolute Gasteiger partial charge is 0.380 e. The average Bonchev–Trinajstić information content (AvgIpc) is 2.62. The van der Waals surface area contributed by atoms with Gasteiger partial charge in [-0.1, -0.05) is 0 Å². The van der Waals surface area contributed by atoms with Crippen LogP contribution in [0.2, 0.25) is 0 Å². The van der Waals surface area contributed by atoms with E-state index in [-0.39, 0.29) is 11.9 Å². The van der Waals surface area contributed by atoms with Gasteiger partial charge in [0.05, 0.1) is 27.3 Å². The van der Waals surface area contributed by atoms with Crippen LogP contribution in [0.5, 0.6) is 0 Å². The molecule has 2 aromatic rings. The number of aromatic nitrogens is 2. The number of ether oxygens (including phenoxy) is 1. The van der Waals surface area contributed by atoms with E-state index in [0.29, 0.717) is 21.6 Å². The number of nitrogens with one attached hydrogen (secondary N) is 1. The molecular formula is C12H14FIN2OS. The first-order valence-corrected chi connectivity index (χ1v) is 7.20. The van der Waals surface area contributed by atoms with Crippen LogP contribution in [0.3, 0.4) is 0 Å². The van der Waals surface area contributed by atoms with E-state index in [1.165, 1.54) is 6.07 Å². The highest BCUT2D eigenvalue weighted by Crippen LogP contribution is 2.23. The van der Waals surface area contributed by atoms with Crippen LogP contribution in [0.25, 0.3) is 11.0 Å². The van der Waals surface area contributed by atoms with Gasteiger partial charge < -0.3 is 14.3 Å². The van der Waals surface area contributed by atoms with Crippen molar-refractivity contribution in [3.8, 4) is 0 Å². The minimum absolute atomic E-state index is 0.0747. The Morgan fingerprint density at radius 3 is 2.94 bits per heavy atom. The van der Waals surface area contributed by atoms with Crippen LogP contribution in [0, 0.1) is 14.2 Å². The zero-order valence-corrected chi connectivity index (χ0v) is 13.1. The highest BCUT2D eigenvalue weighted by Gasteiger charge is 2.13. The maximum Gasteiger partial charge on any atom is 0.178 e. The van der Waals surface area contributed by atoms with Crippen molar-refractivity contribution in [2.75, 3.05) is 13.2 Å². The molecule has 1 N–H and O–H groups in total. The predicted octanol–water partition coefficient (Wildman–Crippen LogP) is 4.04. The summed E-state index contributed by atoms with van der Waals surface area (Å²) in [6.07, 6.45) is 0. The molecule has 0 fully saturated rings. The number of fused-ring (bicyclic) bond motifs is 1.